The van der Waals surface area contributed by atoms with Crippen molar-refractivity contribution in [3.8, 4) is 0 Å². The minimum atomic E-state index is 0.0451. The van der Waals surface area contributed by atoms with E-state index in [-0.39, 0.29) is 12.2 Å². The number of carbonyl (C=O) groups excluding carboxylic acids is 1. The van der Waals surface area contributed by atoms with Crippen LogP contribution in [0.1, 0.15) is 17.0 Å². The van der Waals surface area contributed by atoms with E-state index in [9.17, 15) is 4.79 Å². The van der Waals surface area contributed by atoms with Crippen molar-refractivity contribution in [3.05, 3.63) is 49.7 Å². The summed E-state index contributed by atoms with van der Waals surface area (Å²) >= 11 is 15.6. The van der Waals surface area contributed by atoms with Gasteiger partial charge in [-0.25, -0.2) is 0 Å². The topological polar surface area (TPSA) is 34.9 Å². The van der Waals surface area contributed by atoms with E-state index in [4.69, 9.17) is 23.2 Å². The fourth-order valence-corrected chi connectivity index (χ4v) is 3.03. The van der Waals surface area contributed by atoms with Gasteiger partial charge in [0.25, 0.3) is 0 Å². The van der Waals surface area contributed by atoms with E-state index in [2.05, 4.69) is 21.0 Å². The number of aromatic nitrogens is 2. The molecule has 0 spiro atoms. The molecule has 0 fully saturated rings. The molecule has 1 aromatic heterocycles. The van der Waals surface area contributed by atoms with Gasteiger partial charge in [-0.1, -0.05) is 29.3 Å². The zero-order valence-corrected chi connectivity index (χ0v) is 14.2. The van der Waals surface area contributed by atoms with Crippen LogP contribution in [0.2, 0.25) is 10.0 Å². The molecule has 1 heterocycles. The van der Waals surface area contributed by atoms with E-state index in [1.54, 1.807) is 22.9 Å². The standard InChI is InChI=1S/C14H13BrCl2N2O/c1-8-14(15)13(19(2)18-8)7-9(20)6-10-11(16)4-3-5-12(10)17/h3-5H,6-7H2,1-2H3. The first-order chi connectivity index (χ1) is 9.40. The Kier molecular flexibility index (Phi) is 4.89. The number of aryl methyl sites for hydroxylation is 2. The average Bonchev–Trinajstić information content (AvgIpc) is 2.61. The Morgan fingerprint density at radius 1 is 1.30 bits per heavy atom. The Bertz CT molecular complexity index is 647. The van der Waals surface area contributed by atoms with Gasteiger partial charge in [0.05, 0.1) is 15.9 Å². The number of rotatable bonds is 4. The fraction of sp³-hybridized carbons (Fsp3) is 0.286. The molecule has 0 saturated carbocycles. The van der Waals surface area contributed by atoms with Gasteiger partial charge in [-0.3, -0.25) is 9.48 Å². The van der Waals surface area contributed by atoms with E-state index in [0.29, 0.717) is 22.0 Å². The second kappa shape index (κ2) is 6.29. The van der Waals surface area contributed by atoms with Crippen LogP contribution in [0.4, 0.5) is 0 Å². The Hall–Kier alpha value is -0.840. The first-order valence-electron chi connectivity index (χ1n) is 6.02. The van der Waals surface area contributed by atoms with Gasteiger partial charge in [-0.15, -0.1) is 0 Å². The van der Waals surface area contributed by atoms with Gasteiger partial charge >= 0.3 is 0 Å². The van der Waals surface area contributed by atoms with Gasteiger partial charge in [0, 0.05) is 29.9 Å². The minimum Gasteiger partial charge on any atom is -0.299 e. The molecule has 0 aliphatic carbocycles. The fourth-order valence-electron chi connectivity index (χ4n) is 2.02. The molecule has 106 valence electrons. The van der Waals surface area contributed by atoms with Crippen molar-refractivity contribution in [2.45, 2.75) is 19.8 Å². The second-order valence-electron chi connectivity index (χ2n) is 4.56. The molecule has 0 amide bonds. The first kappa shape index (κ1) is 15.5. The Labute approximate surface area is 136 Å². The van der Waals surface area contributed by atoms with Crippen LogP contribution in [0.25, 0.3) is 0 Å². The minimum absolute atomic E-state index is 0.0451. The summed E-state index contributed by atoms with van der Waals surface area (Å²) in [5.41, 5.74) is 2.40. The number of benzene rings is 1. The summed E-state index contributed by atoms with van der Waals surface area (Å²) in [6.45, 7) is 1.89. The van der Waals surface area contributed by atoms with Crippen molar-refractivity contribution < 1.29 is 4.79 Å². The number of Topliss-reactive ketones (excluding diaryl/α,β-unsaturated/α-hetero) is 1. The smallest absolute Gasteiger partial charge is 0.143 e. The van der Waals surface area contributed by atoms with Crippen LogP contribution in [-0.2, 0) is 24.7 Å². The van der Waals surface area contributed by atoms with Gasteiger partial charge in [0.15, 0.2) is 0 Å². The number of hydrogen-bond donors (Lipinski definition) is 0. The van der Waals surface area contributed by atoms with E-state index >= 15 is 0 Å². The van der Waals surface area contributed by atoms with Gasteiger partial charge in [0.2, 0.25) is 0 Å². The zero-order chi connectivity index (χ0) is 14.9. The predicted molar refractivity (Wildman–Crippen MR) is 84.5 cm³/mol. The van der Waals surface area contributed by atoms with E-state index < -0.39 is 0 Å². The molecule has 2 rings (SSSR count). The van der Waals surface area contributed by atoms with Crippen LogP contribution in [-0.4, -0.2) is 15.6 Å². The summed E-state index contributed by atoms with van der Waals surface area (Å²) in [5, 5.41) is 5.31. The lowest BCUT2D eigenvalue weighted by molar-refractivity contribution is -0.117. The van der Waals surface area contributed by atoms with Gasteiger partial charge < -0.3 is 0 Å². The van der Waals surface area contributed by atoms with Crippen molar-refractivity contribution in [1.29, 1.82) is 0 Å². The molecule has 0 atom stereocenters. The molecule has 1 aromatic carbocycles. The maximum absolute atomic E-state index is 12.2. The Morgan fingerprint density at radius 3 is 2.40 bits per heavy atom. The van der Waals surface area contributed by atoms with Crippen LogP contribution in [0, 0.1) is 6.92 Å². The van der Waals surface area contributed by atoms with Crippen molar-refractivity contribution in [2.75, 3.05) is 0 Å². The summed E-state index contributed by atoms with van der Waals surface area (Å²) in [6, 6.07) is 5.24. The highest BCUT2D eigenvalue weighted by Crippen LogP contribution is 2.26. The third kappa shape index (κ3) is 3.25. The number of nitrogens with zero attached hydrogens (tertiary/aromatic N) is 2. The Morgan fingerprint density at radius 2 is 1.90 bits per heavy atom. The Balaban J connectivity index is 2.18. The van der Waals surface area contributed by atoms with Crippen molar-refractivity contribution in [2.24, 2.45) is 7.05 Å². The highest BCUT2D eigenvalue weighted by molar-refractivity contribution is 9.10. The lowest BCUT2D eigenvalue weighted by Crippen LogP contribution is -2.11. The molecule has 0 saturated heterocycles. The normalized spacial score (nSPS) is 10.8. The summed E-state index contributed by atoms with van der Waals surface area (Å²) < 4.78 is 2.59. The highest BCUT2D eigenvalue weighted by Gasteiger charge is 2.16. The monoisotopic (exact) mass is 374 g/mol. The molecule has 0 N–H and O–H groups in total. The van der Waals surface area contributed by atoms with Gasteiger partial charge in [-0.2, -0.15) is 5.10 Å². The molecule has 0 unspecified atom stereocenters. The predicted octanol–water partition coefficient (Wildman–Crippen LogP) is 4.15. The first-order valence-corrected chi connectivity index (χ1v) is 7.57. The zero-order valence-electron chi connectivity index (χ0n) is 11.1. The molecule has 0 aliphatic rings. The molecule has 0 aliphatic heterocycles. The van der Waals surface area contributed by atoms with Crippen molar-refractivity contribution >= 4 is 44.9 Å². The molecular formula is C14H13BrCl2N2O. The van der Waals surface area contributed by atoms with Crippen LogP contribution in [0.3, 0.4) is 0 Å². The van der Waals surface area contributed by atoms with Gasteiger partial charge in [0.1, 0.15) is 5.78 Å². The van der Waals surface area contributed by atoms with Gasteiger partial charge in [-0.05, 0) is 40.5 Å². The van der Waals surface area contributed by atoms with Crippen LogP contribution >= 0.6 is 39.1 Å². The SMILES string of the molecule is Cc1nn(C)c(CC(=O)Cc2c(Cl)cccc2Cl)c1Br. The summed E-state index contributed by atoms with van der Waals surface area (Å²) in [7, 11) is 1.82. The largest absolute Gasteiger partial charge is 0.299 e. The van der Waals surface area contributed by atoms with E-state index in [1.165, 1.54) is 0 Å². The van der Waals surface area contributed by atoms with E-state index in [1.807, 2.05) is 14.0 Å². The molecule has 20 heavy (non-hydrogen) atoms. The molecular weight excluding hydrogens is 363 g/mol. The van der Waals surface area contributed by atoms with Crippen molar-refractivity contribution in [1.82, 2.24) is 9.78 Å². The third-order valence-electron chi connectivity index (χ3n) is 3.06. The van der Waals surface area contributed by atoms with Crippen molar-refractivity contribution in [3.63, 3.8) is 0 Å². The summed E-state index contributed by atoms with van der Waals surface area (Å²) in [4.78, 5) is 12.2. The third-order valence-corrected chi connectivity index (χ3v) is 4.80. The second-order valence-corrected chi connectivity index (χ2v) is 6.17. The number of ketones is 1. The molecule has 6 heteroatoms. The molecule has 0 bridgehead atoms. The molecule has 3 nitrogen and oxygen atoms in total. The van der Waals surface area contributed by atoms with Crippen LogP contribution in [0.5, 0.6) is 0 Å². The number of carbonyl (C=O) groups is 1. The quantitative estimate of drug-likeness (QED) is 0.804. The molecule has 2 aromatic rings. The maximum atomic E-state index is 12.2. The highest BCUT2D eigenvalue weighted by atomic mass is 79.9. The lowest BCUT2D eigenvalue weighted by atomic mass is 10.1. The summed E-state index contributed by atoms with van der Waals surface area (Å²) in [6.07, 6.45) is 0.509. The maximum Gasteiger partial charge on any atom is 0.143 e. The summed E-state index contributed by atoms with van der Waals surface area (Å²) in [5.74, 6) is 0.0451. The average molecular weight is 376 g/mol. The molecule has 0 radical (unpaired) electrons. The lowest BCUT2D eigenvalue weighted by Gasteiger charge is -2.07. The van der Waals surface area contributed by atoms with E-state index in [0.717, 1.165) is 15.9 Å². The number of halogens is 3. The van der Waals surface area contributed by atoms with Crippen LogP contribution in [0.15, 0.2) is 22.7 Å². The number of hydrogen-bond acceptors (Lipinski definition) is 2. The van der Waals surface area contributed by atoms with Crippen LogP contribution < -0.4 is 0 Å².